The smallest absolute Gasteiger partial charge is 0.0931 e. The fourth-order valence-corrected chi connectivity index (χ4v) is 3.34. The van der Waals surface area contributed by atoms with E-state index >= 15 is 0 Å². The third-order valence-corrected chi connectivity index (χ3v) is 4.76. The van der Waals surface area contributed by atoms with Gasteiger partial charge in [0.1, 0.15) is 0 Å². The molecule has 0 saturated heterocycles. The highest BCUT2D eigenvalue weighted by molar-refractivity contribution is 7.16. The summed E-state index contributed by atoms with van der Waals surface area (Å²) in [4.78, 5) is 5.73. The summed E-state index contributed by atoms with van der Waals surface area (Å²) in [7, 11) is 0. The molecule has 0 aliphatic rings. The maximum Gasteiger partial charge on any atom is 0.0931 e. The minimum atomic E-state index is 0.354. The Bertz CT molecular complexity index is 478. The third-order valence-electron chi connectivity index (χ3n) is 2.52. The molecule has 0 aliphatic heterocycles. The summed E-state index contributed by atoms with van der Waals surface area (Å²) in [6, 6.07) is 4.38. The summed E-state index contributed by atoms with van der Waals surface area (Å²) in [6.07, 6.45) is 0.980. The number of aryl methyl sites for hydroxylation is 1. The molecule has 1 atom stereocenters. The Morgan fingerprint density at radius 3 is 2.88 bits per heavy atom. The lowest BCUT2D eigenvalue weighted by atomic mass is 10.2. The maximum atomic E-state index is 5.92. The van der Waals surface area contributed by atoms with Crippen LogP contribution in [-0.4, -0.2) is 11.5 Å². The standard InChI is InChI=1S/C12H15ClN2S2/c1-8(11-3-4-12(13)17-11)14-6-5-10-7-16-9(2)15-10/h3-4,7-8,14H,5-6H2,1-2H3. The first kappa shape index (κ1) is 13.0. The van der Waals surface area contributed by atoms with E-state index in [1.165, 1.54) is 10.6 Å². The lowest BCUT2D eigenvalue weighted by Crippen LogP contribution is -2.20. The predicted molar refractivity (Wildman–Crippen MR) is 76.3 cm³/mol. The van der Waals surface area contributed by atoms with E-state index in [0.717, 1.165) is 22.3 Å². The van der Waals surface area contributed by atoms with Crippen LogP contribution < -0.4 is 5.32 Å². The second-order valence-electron chi connectivity index (χ2n) is 3.93. The second-order valence-corrected chi connectivity index (χ2v) is 6.73. The third kappa shape index (κ3) is 3.78. The van der Waals surface area contributed by atoms with Gasteiger partial charge in [-0.05, 0) is 26.0 Å². The molecule has 0 amide bonds. The molecule has 2 nitrogen and oxygen atoms in total. The number of hydrogen-bond acceptors (Lipinski definition) is 4. The summed E-state index contributed by atoms with van der Waals surface area (Å²) in [6.45, 7) is 5.15. The summed E-state index contributed by atoms with van der Waals surface area (Å²) in [5.74, 6) is 0. The van der Waals surface area contributed by atoms with Crippen LogP contribution in [0.1, 0.15) is 28.5 Å². The van der Waals surface area contributed by atoms with Gasteiger partial charge < -0.3 is 5.32 Å². The molecule has 0 fully saturated rings. The molecule has 1 N–H and O–H groups in total. The van der Waals surface area contributed by atoms with Crippen molar-refractivity contribution in [2.24, 2.45) is 0 Å². The highest BCUT2D eigenvalue weighted by atomic mass is 35.5. The number of halogens is 1. The van der Waals surface area contributed by atoms with Crippen molar-refractivity contribution in [3.63, 3.8) is 0 Å². The van der Waals surface area contributed by atoms with Crippen molar-refractivity contribution in [3.05, 3.63) is 37.4 Å². The zero-order valence-corrected chi connectivity index (χ0v) is 12.3. The van der Waals surface area contributed by atoms with E-state index < -0.39 is 0 Å². The van der Waals surface area contributed by atoms with Crippen LogP contribution in [0.4, 0.5) is 0 Å². The molecule has 0 spiro atoms. The highest BCUT2D eigenvalue weighted by Gasteiger charge is 2.07. The van der Waals surface area contributed by atoms with Gasteiger partial charge in [0.25, 0.3) is 0 Å². The van der Waals surface area contributed by atoms with E-state index in [4.69, 9.17) is 11.6 Å². The number of aromatic nitrogens is 1. The predicted octanol–water partition coefficient (Wildman–Crippen LogP) is 4.06. The van der Waals surface area contributed by atoms with E-state index in [1.54, 1.807) is 22.7 Å². The minimum Gasteiger partial charge on any atom is -0.309 e. The van der Waals surface area contributed by atoms with Crippen molar-refractivity contribution in [2.45, 2.75) is 26.3 Å². The molecule has 0 saturated carbocycles. The van der Waals surface area contributed by atoms with Crippen molar-refractivity contribution in [1.29, 1.82) is 0 Å². The Morgan fingerprint density at radius 2 is 2.29 bits per heavy atom. The van der Waals surface area contributed by atoms with Crippen molar-refractivity contribution in [3.8, 4) is 0 Å². The van der Waals surface area contributed by atoms with Crippen LogP contribution in [0.3, 0.4) is 0 Å². The molecule has 2 aromatic rings. The van der Waals surface area contributed by atoms with Gasteiger partial charge in [0.15, 0.2) is 0 Å². The maximum absolute atomic E-state index is 5.92. The molecule has 5 heteroatoms. The molecule has 0 aliphatic carbocycles. The molecule has 2 heterocycles. The first-order valence-corrected chi connectivity index (χ1v) is 7.62. The Hall–Kier alpha value is -0.420. The van der Waals surface area contributed by atoms with Gasteiger partial charge in [-0.2, -0.15) is 0 Å². The molecule has 1 unspecified atom stereocenters. The zero-order chi connectivity index (χ0) is 12.3. The fraction of sp³-hybridized carbons (Fsp3) is 0.417. The van der Waals surface area contributed by atoms with E-state index in [9.17, 15) is 0 Å². The molecule has 2 aromatic heterocycles. The number of rotatable bonds is 5. The Kier molecular flexibility index (Phi) is 4.56. The van der Waals surface area contributed by atoms with Crippen molar-refractivity contribution in [1.82, 2.24) is 10.3 Å². The monoisotopic (exact) mass is 286 g/mol. The molecular formula is C12H15ClN2S2. The summed E-state index contributed by atoms with van der Waals surface area (Å²) < 4.78 is 0.851. The van der Waals surface area contributed by atoms with Crippen molar-refractivity contribution in [2.75, 3.05) is 6.54 Å². The van der Waals surface area contributed by atoms with Gasteiger partial charge in [-0.1, -0.05) is 11.6 Å². The molecule has 0 aromatic carbocycles. The van der Waals surface area contributed by atoms with Gasteiger partial charge in [-0.25, -0.2) is 4.98 Å². The molecule has 17 heavy (non-hydrogen) atoms. The van der Waals surface area contributed by atoms with Crippen LogP contribution in [0.2, 0.25) is 4.34 Å². The average Bonchev–Trinajstić information content (AvgIpc) is 2.88. The van der Waals surface area contributed by atoms with Gasteiger partial charge in [-0.3, -0.25) is 0 Å². The number of nitrogens with one attached hydrogen (secondary N) is 1. The van der Waals surface area contributed by atoms with E-state index in [1.807, 2.05) is 13.0 Å². The first-order valence-electron chi connectivity index (χ1n) is 5.55. The molecular weight excluding hydrogens is 272 g/mol. The van der Waals surface area contributed by atoms with Crippen LogP contribution in [0.15, 0.2) is 17.5 Å². The average molecular weight is 287 g/mol. The fourth-order valence-electron chi connectivity index (χ4n) is 1.60. The largest absolute Gasteiger partial charge is 0.309 e. The normalized spacial score (nSPS) is 12.9. The highest BCUT2D eigenvalue weighted by Crippen LogP contribution is 2.26. The van der Waals surface area contributed by atoms with E-state index in [2.05, 4.69) is 28.7 Å². The van der Waals surface area contributed by atoms with E-state index in [0.29, 0.717) is 6.04 Å². The number of thiophene rings is 1. The van der Waals surface area contributed by atoms with Gasteiger partial charge in [0.2, 0.25) is 0 Å². The summed E-state index contributed by atoms with van der Waals surface area (Å²) >= 11 is 9.26. The number of thiazole rings is 1. The van der Waals surface area contributed by atoms with Crippen molar-refractivity contribution < 1.29 is 0 Å². The van der Waals surface area contributed by atoms with Crippen LogP contribution in [0.25, 0.3) is 0 Å². The molecule has 92 valence electrons. The Morgan fingerprint density at radius 1 is 1.47 bits per heavy atom. The topological polar surface area (TPSA) is 24.9 Å². The molecule has 0 radical (unpaired) electrons. The van der Waals surface area contributed by atoms with Crippen LogP contribution >= 0.6 is 34.3 Å². The number of hydrogen-bond donors (Lipinski definition) is 1. The van der Waals surface area contributed by atoms with Crippen molar-refractivity contribution >= 4 is 34.3 Å². The van der Waals surface area contributed by atoms with Crippen LogP contribution in [-0.2, 0) is 6.42 Å². The first-order chi connectivity index (χ1) is 8.15. The minimum absolute atomic E-state index is 0.354. The second kappa shape index (κ2) is 5.96. The van der Waals surface area contributed by atoms with Gasteiger partial charge >= 0.3 is 0 Å². The Balaban J connectivity index is 1.78. The van der Waals surface area contributed by atoms with Gasteiger partial charge in [0, 0.05) is 29.3 Å². The van der Waals surface area contributed by atoms with Crippen LogP contribution in [0, 0.1) is 6.92 Å². The lowest BCUT2D eigenvalue weighted by molar-refractivity contribution is 0.582. The quantitative estimate of drug-likeness (QED) is 0.896. The number of nitrogens with zero attached hydrogens (tertiary/aromatic N) is 1. The summed E-state index contributed by atoms with van der Waals surface area (Å²) in [5, 5.41) is 6.75. The molecule has 2 rings (SSSR count). The SMILES string of the molecule is Cc1nc(CCNC(C)c2ccc(Cl)s2)cs1. The summed E-state index contributed by atoms with van der Waals surface area (Å²) in [5.41, 5.74) is 1.18. The lowest BCUT2D eigenvalue weighted by Gasteiger charge is -2.10. The van der Waals surface area contributed by atoms with E-state index in [-0.39, 0.29) is 0 Å². The van der Waals surface area contributed by atoms with Gasteiger partial charge in [-0.15, -0.1) is 22.7 Å². The Labute approximate surface area is 115 Å². The molecule has 0 bridgehead atoms. The van der Waals surface area contributed by atoms with Gasteiger partial charge in [0.05, 0.1) is 15.0 Å². The van der Waals surface area contributed by atoms with Crippen LogP contribution in [0.5, 0.6) is 0 Å². The zero-order valence-electron chi connectivity index (χ0n) is 9.87.